The van der Waals surface area contributed by atoms with Gasteiger partial charge in [0.2, 0.25) is 5.91 Å². The smallest absolute Gasteiger partial charge is 0.240 e. The van der Waals surface area contributed by atoms with Crippen LogP contribution in [-0.2, 0) is 17.9 Å². The number of nitrogens with one attached hydrogen (secondary N) is 1. The average molecular weight is 343 g/mol. The molecule has 4 rings (SSSR count). The number of benzene rings is 1. The SMILES string of the molecule is O=C(Cn1ccc2ccc(Cl)cc21)NC1CC(Cn2ccnc2)C1. The van der Waals surface area contributed by atoms with Crippen molar-refractivity contribution in [2.75, 3.05) is 0 Å². The highest BCUT2D eigenvalue weighted by Gasteiger charge is 2.30. The molecule has 5 nitrogen and oxygen atoms in total. The summed E-state index contributed by atoms with van der Waals surface area (Å²) in [5, 5.41) is 4.90. The lowest BCUT2D eigenvalue weighted by molar-refractivity contribution is -0.123. The van der Waals surface area contributed by atoms with E-state index < -0.39 is 0 Å². The Bertz CT molecular complexity index is 849. The second-order valence-electron chi connectivity index (χ2n) is 6.51. The summed E-state index contributed by atoms with van der Waals surface area (Å²) in [6, 6.07) is 8.02. The van der Waals surface area contributed by atoms with Gasteiger partial charge in [-0.05, 0) is 42.3 Å². The van der Waals surface area contributed by atoms with Gasteiger partial charge in [-0.2, -0.15) is 0 Å². The number of aromatic nitrogens is 3. The maximum atomic E-state index is 12.3. The second-order valence-corrected chi connectivity index (χ2v) is 6.94. The summed E-state index contributed by atoms with van der Waals surface area (Å²) in [7, 11) is 0. The van der Waals surface area contributed by atoms with E-state index in [-0.39, 0.29) is 11.9 Å². The summed E-state index contributed by atoms with van der Waals surface area (Å²) in [4.78, 5) is 16.3. The Morgan fingerprint density at radius 1 is 1.29 bits per heavy atom. The van der Waals surface area contributed by atoms with Gasteiger partial charge in [0.25, 0.3) is 0 Å². The molecular formula is C18H19ClN4O. The van der Waals surface area contributed by atoms with Crippen LogP contribution in [0, 0.1) is 5.92 Å². The van der Waals surface area contributed by atoms with Gasteiger partial charge in [0.05, 0.1) is 6.33 Å². The highest BCUT2D eigenvalue weighted by Crippen LogP contribution is 2.29. The van der Waals surface area contributed by atoms with Crippen molar-refractivity contribution in [2.45, 2.75) is 32.0 Å². The Hall–Kier alpha value is -2.27. The molecule has 2 aromatic heterocycles. The number of carbonyl (C=O) groups excluding carboxylic acids is 1. The summed E-state index contributed by atoms with van der Waals surface area (Å²) in [6.45, 7) is 1.31. The number of fused-ring (bicyclic) bond motifs is 1. The highest BCUT2D eigenvalue weighted by molar-refractivity contribution is 6.31. The zero-order valence-corrected chi connectivity index (χ0v) is 14.0. The standard InChI is InChI=1S/C18H19ClN4O/c19-15-2-1-14-3-5-23(17(14)9-15)11-18(24)21-16-7-13(8-16)10-22-6-4-20-12-22/h1-6,9,12-13,16H,7-8,10-11H2,(H,21,24). The maximum Gasteiger partial charge on any atom is 0.240 e. The molecule has 2 heterocycles. The number of hydrogen-bond donors (Lipinski definition) is 1. The van der Waals surface area contributed by atoms with Crippen molar-refractivity contribution >= 4 is 28.4 Å². The fraction of sp³-hybridized carbons (Fsp3) is 0.333. The molecule has 0 atom stereocenters. The molecule has 124 valence electrons. The maximum absolute atomic E-state index is 12.3. The molecule has 1 N–H and O–H groups in total. The van der Waals surface area contributed by atoms with Crippen LogP contribution in [-0.4, -0.2) is 26.1 Å². The molecule has 0 radical (unpaired) electrons. The molecule has 1 fully saturated rings. The molecular weight excluding hydrogens is 324 g/mol. The molecule has 1 amide bonds. The Morgan fingerprint density at radius 3 is 2.96 bits per heavy atom. The van der Waals surface area contributed by atoms with Gasteiger partial charge in [0.15, 0.2) is 0 Å². The molecule has 0 bridgehead atoms. The lowest BCUT2D eigenvalue weighted by Crippen LogP contribution is -2.46. The molecule has 1 aromatic carbocycles. The van der Waals surface area contributed by atoms with Gasteiger partial charge in [-0.1, -0.05) is 17.7 Å². The van der Waals surface area contributed by atoms with Gasteiger partial charge < -0.3 is 14.5 Å². The van der Waals surface area contributed by atoms with Gasteiger partial charge in [-0.3, -0.25) is 4.79 Å². The van der Waals surface area contributed by atoms with Crippen molar-refractivity contribution in [3.8, 4) is 0 Å². The van der Waals surface area contributed by atoms with Gasteiger partial charge in [0.1, 0.15) is 6.54 Å². The highest BCUT2D eigenvalue weighted by atomic mass is 35.5. The third kappa shape index (κ3) is 3.17. The Morgan fingerprint density at radius 2 is 2.17 bits per heavy atom. The van der Waals surface area contributed by atoms with Crippen molar-refractivity contribution in [3.05, 3.63) is 54.2 Å². The Balaban J connectivity index is 1.30. The lowest BCUT2D eigenvalue weighted by Gasteiger charge is -2.36. The minimum atomic E-state index is 0.0542. The number of hydrogen-bond acceptors (Lipinski definition) is 2. The minimum absolute atomic E-state index is 0.0542. The number of imidazole rings is 1. The van der Waals surface area contributed by atoms with E-state index in [0.29, 0.717) is 17.5 Å². The fourth-order valence-corrected chi connectivity index (χ4v) is 3.58. The summed E-state index contributed by atoms with van der Waals surface area (Å²) in [5.74, 6) is 0.675. The van der Waals surface area contributed by atoms with E-state index in [1.807, 2.05) is 47.6 Å². The third-order valence-corrected chi connectivity index (χ3v) is 4.91. The van der Waals surface area contributed by atoms with Crippen LogP contribution < -0.4 is 5.32 Å². The molecule has 0 spiro atoms. The molecule has 1 aliphatic rings. The monoisotopic (exact) mass is 342 g/mol. The summed E-state index contributed by atoms with van der Waals surface area (Å²) < 4.78 is 4.04. The van der Waals surface area contributed by atoms with E-state index in [4.69, 9.17) is 11.6 Å². The first-order chi connectivity index (χ1) is 11.7. The second kappa shape index (κ2) is 6.32. The average Bonchev–Trinajstić information content (AvgIpc) is 3.15. The van der Waals surface area contributed by atoms with E-state index in [1.54, 1.807) is 6.20 Å². The molecule has 0 unspecified atom stereocenters. The normalized spacial score (nSPS) is 20.0. The zero-order chi connectivity index (χ0) is 16.5. The quantitative estimate of drug-likeness (QED) is 0.774. The minimum Gasteiger partial charge on any atom is -0.352 e. The predicted octanol–water partition coefficient (Wildman–Crippen LogP) is 3.09. The van der Waals surface area contributed by atoms with Crippen LogP contribution in [0.15, 0.2) is 49.2 Å². The number of halogens is 1. The molecule has 3 aromatic rings. The van der Waals surface area contributed by atoms with Crippen LogP contribution in [0.3, 0.4) is 0 Å². The van der Waals surface area contributed by atoms with Gasteiger partial charge >= 0.3 is 0 Å². The van der Waals surface area contributed by atoms with Crippen LogP contribution in [0.4, 0.5) is 0 Å². The summed E-state index contributed by atoms with van der Waals surface area (Å²) >= 11 is 6.05. The number of carbonyl (C=O) groups is 1. The van der Waals surface area contributed by atoms with Crippen LogP contribution in [0.2, 0.25) is 5.02 Å². The van der Waals surface area contributed by atoms with E-state index in [1.165, 1.54) is 0 Å². The van der Waals surface area contributed by atoms with E-state index in [0.717, 1.165) is 30.3 Å². The molecule has 1 saturated carbocycles. The van der Waals surface area contributed by atoms with Crippen molar-refractivity contribution < 1.29 is 4.79 Å². The van der Waals surface area contributed by atoms with Crippen molar-refractivity contribution in [1.29, 1.82) is 0 Å². The van der Waals surface area contributed by atoms with Crippen molar-refractivity contribution in [3.63, 3.8) is 0 Å². The van der Waals surface area contributed by atoms with Crippen molar-refractivity contribution in [2.24, 2.45) is 5.92 Å². The first-order valence-corrected chi connectivity index (χ1v) is 8.54. The lowest BCUT2D eigenvalue weighted by atomic mass is 9.80. The number of rotatable bonds is 5. The fourth-order valence-electron chi connectivity index (χ4n) is 3.42. The van der Waals surface area contributed by atoms with Crippen molar-refractivity contribution in [1.82, 2.24) is 19.4 Å². The summed E-state index contributed by atoms with van der Waals surface area (Å²) in [5.41, 5.74) is 0.990. The summed E-state index contributed by atoms with van der Waals surface area (Å²) in [6.07, 6.45) is 9.61. The topological polar surface area (TPSA) is 51.9 Å². The molecule has 24 heavy (non-hydrogen) atoms. The van der Waals surface area contributed by atoms with E-state index >= 15 is 0 Å². The van der Waals surface area contributed by atoms with E-state index in [9.17, 15) is 4.79 Å². The Kier molecular flexibility index (Phi) is 4.02. The predicted molar refractivity (Wildman–Crippen MR) is 93.8 cm³/mol. The molecule has 6 heteroatoms. The molecule has 0 aliphatic heterocycles. The first kappa shape index (κ1) is 15.3. The largest absolute Gasteiger partial charge is 0.352 e. The van der Waals surface area contributed by atoms with Crippen LogP contribution in [0.25, 0.3) is 10.9 Å². The van der Waals surface area contributed by atoms with Crippen LogP contribution >= 0.6 is 11.6 Å². The first-order valence-electron chi connectivity index (χ1n) is 8.17. The zero-order valence-electron chi connectivity index (χ0n) is 13.2. The third-order valence-electron chi connectivity index (χ3n) is 4.68. The number of nitrogens with zero attached hydrogens (tertiary/aromatic N) is 3. The van der Waals surface area contributed by atoms with Gasteiger partial charge in [0, 0.05) is 41.7 Å². The molecule has 1 aliphatic carbocycles. The van der Waals surface area contributed by atoms with Crippen LogP contribution in [0.1, 0.15) is 12.8 Å². The van der Waals surface area contributed by atoms with Gasteiger partial charge in [-0.25, -0.2) is 4.98 Å². The van der Waals surface area contributed by atoms with E-state index in [2.05, 4.69) is 14.9 Å². The Labute approximate surface area is 145 Å². The van der Waals surface area contributed by atoms with Gasteiger partial charge in [-0.15, -0.1) is 0 Å². The molecule has 0 saturated heterocycles. The number of amides is 1. The van der Waals surface area contributed by atoms with Crippen LogP contribution in [0.5, 0.6) is 0 Å².